The van der Waals surface area contributed by atoms with E-state index in [-0.39, 0.29) is 17.4 Å². The monoisotopic (exact) mass is 318 g/mol. The van der Waals surface area contributed by atoms with Crippen LogP contribution >= 0.6 is 0 Å². The Labute approximate surface area is 139 Å². The van der Waals surface area contributed by atoms with Crippen LogP contribution in [-0.4, -0.2) is 19.6 Å². The maximum Gasteiger partial charge on any atom is 0.221 e. The fourth-order valence-corrected chi connectivity index (χ4v) is 3.66. The van der Waals surface area contributed by atoms with Crippen molar-refractivity contribution in [1.29, 1.82) is 0 Å². The first-order valence-electron chi connectivity index (χ1n) is 8.64. The van der Waals surface area contributed by atoms with E-state index in [0.717, 1.165) is 29.7 Å². The molecule has 128 valence electrons. The van der Waals surface area contributed by atoms with Crippen LogP contribution in [0.5, 0.6) is 5.75 Å². The molecule has 0 bridgehead atoms. The van der Waals surface area contributed by atoms with Crippen molar-refractivity contribution in [3.05, 3.63) is 29.3 Å². The SMILES string of the molecule is COc1ccc(C)cc1C(C)NC(=O)CC1(CN)CCCCC1. The summed E-state index contributed by atoms with van der Waals surface area (Å²) in [5, 5.41) is 3.13. The highest BCUT2D eigenvalue weighted by Gasteiger charge is 2.33. The van der Waals surface area contributed by atoms with Gasteiger partial charge in [0.25, 0.3) is 0 Å². The molecule has 0 spiro atoms. The number of benzene rings is 1. The van der Waals surface area contributed by atoms with Gasteiger partial charge >= 0.3 is 0 Å². The topological polar surface area (TPSA) is 64.3 Å². The first kappa shape index (κ1) is 17.8. The standard InChI is InChI=1S/C19H30N2O2/c1-14-7-8-17(23-3)16(11-14)15(2)21-18(22)12-19(13-20)9-5-4-6-10-19/h7-8,11,15H,4-6,9-10,12-13,20H2,1-3H3,(H,21,22). The lowest BCUT2D eigenvalue weighted by molar-refractivity contribution is -0.124. The molecule has 4 nitrogen and oxygen atoms in total. The Morgan fingerprint density at radius 2 is 2.04 bits per heavy atom. The Bertz CT molecular complexity index is 536. The number of hydrogen-bond acceptors (Lipinski definition) is 3. The molecule has 2 rings (SSSR count). The van der Waals surface area contributed by atoms with Crippen molar-refractivity contribution >= 4 is 5.91 Å². The molecule has 23 heavy (non-hydrogen) atoms. The summed E-state index contributed by atoms with van der Waals surface area (Å²) in [7, 11) is 1.66. The van der Waals surface area contributed by atoms with Crippen LogP contribution in [0.3, 0.4) is 0 Å². The molecular weight excluding hydrogens is 288 g/mol. The van der Waals surface area contributed by atoms with Crippen molar-refractivity contribution in [2.75, 3.05) is 13.7 Å². The van der Waals surface area contributed by atoms with Gasteiger partial charge in [-0.2, -0.15) is 0 Å². The molecule has 1 aromatic rings. The molecule has 0 radical (unpaired) electrons. The summed E-state index contributed by atoms with van der Waals surface area (Å²) in [5.74, 6) is 0.906. The van der Waals surface area contributed by atoms with E-state index in [1.807, 2.05) is 26.0 Å². The molecule has 1 aromatic carbocycles. The largest absolute Gasteiger partial charge is 0.496 e. The summed E-state index contributed by atoms with van der Waals surface area (Å²) in [5.41, 5.74) is 8.17. The van der Waals surface area contributed by atoms with E-state index in [4.69, 9.17) is 10.5 Å². The molecule has 1 saturated carbocycles. The Morgan fingerprint density at radius 3 is 2.65 bits per heavy atom. The number of nitrogens with one attached hydrogen (secondary N) is 1. The number of aryl methyl sites for hydroxylation is 1. The molecule has 1 atom stereocenters. The number of carbonyl (C=O) groups excluding carboxylic acids is 1. The van der Waals surface area contributed by atoms with Crippen molar-refractivity contribution in [3.63, 3.8) is 0 Å². The van der Waals surface area contributed by atoms with Gasteiger partial charge in [0, 0.05) is 12.0 Å². The smallest absolute Gasteiger partial charge is 0.221 e. The molecule has 4 heteroatoms. The van der Waals surface area contributed by atoms with E-state index in [1.165, 1.54) is 19.3 Å². The predicted molar refractivity (Wildman–Crippen MR) is 93.5 cm³/mol. The average molecular weight is 318 g/mol. The van der Waals surface area contributed by atoms with Crippen LogP contribution < -0.4 is 15.8 Å². The second kappa shape index (κ2) is 7.82. The van der Waals surface area contributed by atoms with Crippen LogP contribution in [0.25, 0.3) is 0 Å². The molecule has 1 fully saturated rings. The van der Waals surface area contributed by atoms with E-state index in [9.17, 15) is 4.79 Å². The van der Waals surface area contributed by atoms with Gasteiger partial charge < -0.3 is 15.8 Å². The predicted octanol–water partition coefficient (Wildman–Crippen LogP) is 3.48. The zero-order chi connectivity index (χ0) is 16.9. The summed E-state index contributed by atoms with van der Waals surface area (Å²) in [6.07, 6.45) is 6.30. The molecule has 0 saturated heterocycles. The minimum absolute atomic E-state index is 0.00125. The summed E-state index contributed by atoms with van der Waals surface area (Å²) in [6.45, 7) is 4.65. The van der Waals surface area contributed by atoms with E-state index in [2.05, 4.69) is 11.4 Å². The molecule has 0 aromatic heterocycles. The van der Waals surface area contributed by atoms with Crippen molar-refractivity contribution in [3.8, 4) is 5.75 Å². The molecule has 1 amide bonds. The van der Waals surface area contributed by atoms with E-state index >= 15 is 0 Å². The molecule has 0 aliphatic heterocycles. The van der Waals surface area contributed by atoms with Crippen molar-refractivity contribution in [2.24, 2.45) is 11.1 Å². The second-order valence-electron chi connectivity index (χ2n) is 6.98. The number of rotatable bonds is 6. The van der Waals surface area contributed by atoms with E-state index < -0.39 is 0 Å². The van der Waals surface area contributed by atoms with Crippen LogP contribution in [0.2, 0.25) is 0 Å². The van der Waals surface area contributed by atoms with Gasteiger partial charge in [0.2, 0.25) is 5.91 Å². The first-order valence-corrected chi connectivity index (χ1v) is 8.64. The van der Waals surface area contributed by atoms with Gasteiger partial charge in [-0.3, -0.25) is 4.79 Å². The quantitative estimate of drug-likeness (QED) is 0.844. The first-order chi connectivity index (χ1) is 11.0. The van der Waals surface area contributed by atoms with Crippen molar-refractivity contribution in [2.45, 2.75) is 58.4 Å². The minimum atomic E-state index is -0.0734. The van der Waals surface area contributed by atoms with Crippen LogP contribution in [0.4, 0.5) is 0 Å². The summed E-state index contributed by atoms with van der Waals surface area (Å²) < 4.78 is 5.42. The van der Waals surface area contributed by atoms with Crippen molar-refractivity contribution < 1.29 is 9.53 Å². The van der Waals surface area contributed by atoms with Gasteiger partial charge in [-0.1, -0.05) is 37.0 Å². The fraction of sp³-hybridized carbons (Fsp3) is 0.632. The van der Waals surface area contributed by atoms with Crippen molar-refractivity contribution in [1.82, 2.24) is 5.32 Å². The van der Waals surface area contributed by atoms with Crippen LogP contribution in [0.15, 0.2) is 18.2 Å². The Balaban J connectivity index is 2.03. The third-order valence-corrected chi connectivity index (χ3v) is 5.11. The number of ether oxygens (including phenoxy) is 1. The van der Waals surface area contributed by atoms with Gasteiger partial charge in [-0.05, 0) is 44.7 Å². The number of hydrogen-bond donors (Lipinski definition) is 2. The summed E-state index contributed by atoms with van der Waals surface area (Å²) in [4.78, 5) is 12.5. The van der Waals surface area contributed by atoms with Crippen LogP contribution in [0.1, 0.15) is 62.6 Å². The van der Waals surface area contributed by atoms with E-state index in [0.29, 0.717) is 13.0 Å². The Morgan fingerprint density at radius 1 is 1.35 bits per heavy atom. The molecule has 0 heterocycles. The average Bonchev–Trinajstić information content (AvgIpc) is 2.55. The maximum atomic E-state index is 12.5. The zero-order valence-corrected chi connectivity index (χ0v) is 14.7. The fourth-order valence-electron chi connectivity index (χ4n) is 3.66. The molecule has 1 unspecified atom stereocenters. The molecular formula is C19H30N2O2. The van der Waals surface area contributed by atoms with E-state index in [1.54, 1.807) is 7.11 Å². The Kier molecular flexibility index (Phi) is 6.05. The lowest BCUT2D eigenvalue weighted by Gasteiger charge is -2.36. The highest BCUT2D eigenvalue weighted by atomic mass is 16.5. The van der Waals surface area contributed by atoms with Gasteiger partial charge in [0.05, 0.1) is 13.2 Å². The van der Waals surface area contributed by atoms with Gasteiger partial charge in [-0.25, -0.2) is 0 Å². The minimum Gasteiger partial charge on any atom is -0.496 e. The van der Waals surface area contributed by atoms with Crippen LogP contribution in [-0.2, 0) is 4.79 Å². The normalized spacial score (nSPS) is 18.3. The summed E-state index contributed by atoms with van der Waals surface area (Å²) >= 11 is 0. The number of carbonyl (C=O) groups is 1. The van der Waals surface area contributed by atoms with Crippen LogP contribution in [0, 0.1) is 12.3 Å². The maximum absolute atomic E-state index is 12.5. The number of nitrogens with two attached hydrogens (primary N) is 1. The highest BCUT2D eigenvalue weighted by molar-refractivity contribution is 5.77. The lowest BCUT2D eigenvalue weighted by atomic mass is 9.71. The third kappa shape index (κ3) is 4.47. The number of methoxy groups -OCH3 is 1. The zero-order valence-electron chi connectivity index (χ0n) is 14.7. The second-order valence-corrected chi connectivity index (χ2v) is 6.98. The van der Waals surface area contributed by atoms with Gasteiger partial charge in [-0.15, -0.1) is 0 Å². The summed E-state index contributed by atoms with van der Waals surface area (Å²) in [6, 6.07) is 5.97. The van der Waals surface area contributed by atoms with Gasteiger partial charge in [0.15, 0.2) is 0 Å². The lowest BCUT2D eigenvalue weighted by Crippen LogP contribution is -2.39. The highest BCUT2D eigenvalue weighted by Crippen LogP contribution is 2.38. The third-order valence-electron chi connectivity index (χ3n) is 5.11. The van der Waals surface area contributed by atoms with Gasteiger partial charge in [0.1, 0.15) is 5.75 Å². The molecule has 3 N–H and O–H groups in total. The number of amides is 1. The Hall–Kier alpha value is -1.55. The molecule has 1 aliphatic carbocycles. The molecule has 1 aliphatic rings.